The molecule has 4 nitrogen and oxygen atoms in total. The van der Waals surface area contributed by atoms with Gasteiger partial charge in [-0.2, -0.15) is 0 Å². The van der Waals surface area contributed by atoms with E-state index < -0.39 is 14.6 Å². The lowest BCUT2D eigenvalue weighted by molar-refractivity contribution is 0.412. The smallest absolute Gasteiger partial charge is 0.156 e. The summed E-state index contributed by atoms with van der Waals surface area (Å²) in [7, 11) is -3.07. The molecule has 0 radical (unpaired) electrons. The number of hydrogen-bond acceptors (Lipinski definition) is 5. The Morgan fingerprint density at radius 2 is 1.89 bits per heavy atom. The fraction of sp³-hybridized carbons (Fsp3) is 0.750. The summed E-state index contributed by atoms with van der Waals surface area (Å²) in [5.74, 6) is 0.144. The van der Waals surface area contributed by atoms with Gasteiger partial charge in [0.25, 0.3) is 0 Å². The maximum Gasteiger partial charge on any atom is 0.156 e. The van der Waals surface area contributed by atoms with Crippen LogP contribution in [0.25, 0.3) is 0 Å². The number of rotatable bonds is 5. The van der Waals surface area contributed by atoms with Gasteiger partial charge in [0.2, 0.25) is 0 Å². The quantitative estimate of drug-likeness (QED) is 0.903. The third-order valence-corrected chi connectivity index (χ3v) is 6.54. The van der Waals surface area contributed by atoms with Gasteiger partial charge in [0, 0.05) is 18.1 Å². The number of hydrogen-bond donors (Lipinski definition) is 1. The fourth-order valence-electron chi connectivity index (χ4n) is 1.41. The molecule has 18 heavy (non-hydrogen) atoms. The molecule has 0 saturated heterocycles. The van der Waals surface area contributed by atoms with Crippen LogP contribution in [0.3, 0.4) is 0 Å². The maximum atomic E-state index is 12.0. The molecule has 0 aliphatic carbocycles. The van der Waals surface area contributed by atoms with E-state index in [1.807, 2.05) is 19.2 Å². The lowest BCUT2D eigenvalue weighted by Gasteiger charge is -2.25. The van der Waals surface area contributed by atoms with Gasteiger partial charge < -0.3 is 5.32 Å². The summed E-state index contributed by atoms with van der Waals surface area (Å²) >= 11 is 1.57. The first-order valence-corrected chi connectivity index (χ1v) is 8.47. The second-order valence-electron chi connectivity index (χ2n) is 5.82. The molecule has 104 valence electrons. The van der Waals surface area contributed by atoms with Gasteiger partial charge in [-0.05, 0) is 34.6 Å². The molecule has 0 saturated carbocycles. The standard InChI is InChI=1S/C12H22N2O2S2/c1-11(2,3)18(15,16)9-7-14-12(4,5)10-13-6-8-17-10/h6,8,14H,7,9H2,1-5H3. The van der Waals surface area contributed by atoms with Gasteiger partial charge in [0.15, 0.2) is 9.84 Å². The number of aromatic nitrogens is 1. The molecule has 1 N–H and O–H groups in total. The number of nitrogens with zero attached hydrogens (tertiary/aromatic N) is 1. The fourth-order valence-corrected chi connectivity index (χ4v) is 3.13. The first-order valence-electron chi connectivity index (χ1n) is 5.93. The summed E-state index contributed by atoms with van der Waals surface area (Å²) in [6, 6.07) is 0. The van der Waals surface area contributed by atoms with Gasteiger partial charge >= 0.3 is 0 Å². The molecule has 0 spiro atoms. The van der Waals surface area contributed by atoms with Crippen LogP contribution in [0, 0.1) is 0 Å². The summed E-state index contributed by atoms with van der Waals surface area (Å²) in [6.45, 7) is 9.65. The Kier molecular flexibility index (Phi) is 4.56. The maximum absolute atomic E-state index is 12.0. The molecule has 1 heterocycles. The molecule has 0 atom stereocenters. The Morgan fingerprint density at radius 1 is 1.28 bits per heavy atom. The van der Waals surface area contributed by atoms with Crippen molar-refractivity contribution >= 4 is 21.2 Å². The minimum Gasteiger partial charge on any atom is -0.305 e. The van der Waals surface area contributed by atoms with Gasteiger partial charge in [-0.15, -0.1) is 11.3 Å². The summed E-state index contributed by atoms with van der Waals surface area (Å²) in [6.07, 6.45) is 1.76. The van der Waals surface area contributed by atoms with Crippen LogP contribution in [0.15, 0.2) is 11.6 Å². The highest BCUT2D eigenvalue weighted by atomic mass is 32.2. The summed E-state index contributed by atoms with van der Waals surface area (Å²) < 4.78 is 23.2. The Labute approximate surface area is 114 Å². The van der Waals surface area contributed by atoms with E-state index in [2.05, 4.69) is 10.3 Å². The lowest BCUT2D eigenvalue weighted by atomic mass is 10.1. The molecule has 0 aromatic carbocycles. The normalized spacial score (nSPS) is 13.8. The van der Waals surface area contributed by atoms with Crippen molar-refractivity contribution in [3.05, 3.63) is 16.6 Å². The van der Waals surface area contributed by atoms with Crippen LogP contribution in [0.1, 0.15) is 39.6 Å². The molecule has 0 amide bonds. The first kappa shape index (κ1) is 15.6. The van der Waals surface area contributed by atoms with E-state index in [9.17, 15) is 8.42 Å². The van der Waals surface area contributed by atoms with Crippen molar-refractivity contribution in [2.24, 2.45) is 0 Å². The van der Waals surface area contributed by atoms with E-state index in [1.165, 1.54) is 0 Å². The van der Waals surface area contributed by atoms with Crippen molar-refractivity contribution < 1.29 is 8.42 Å². The van der Waals surface area contributed by atoms with Crippen molar-refractivity contribution in [2.75, 3.05) is 12.3 Å². The minimum absolute atomic E-state index is 0.144. The first-order chi connectivity index (χ1) is 8.06. The van der Waals surface area contributed by atoms with Gasteiger partial charge in [0.05, 0.1) is 16.0 Å². The van der Waals surface area contributed by atoms with Crippen LogP contribution in [0.5, 0.6) is 0 Å². The summed E-state index contributed by atoms with van der Waals surface area (Å²) in [5, 5.41) is 6.15. The van der Waals surface area contributed by atoms with Crippen LogP contribution in [-0.2, 0) is 15.4 Å². The van der Waals surface area contributed by atoms with Crippen molar-refractivity contribution in [2.45, 2.75) is 44.9 Å². The Morgan fingerprint density at radius 3 is 2.33 bits per heavy atom. The van der Waals surface area contributed by atoms with Crippen LogP contribution >= 0.6 is 11.3 Å². The molecular weight excluding hydrogens is 268 g/mol. The Bertz CT molecular complexity index is 471. The molecule has 1 rings (SSSR count). The van der Waals surface area contributed by atoms with Crippen LogP contribution in [0.2, 0.25) is 0 Å². The highest BCUT2D eigenvalue weighted by Crippen LogP contribution is 2.22. The van der Waals surface area contributed by atoms with Crippen molar-refractivity contribution in [3.8, 4) is 0 Å². The summed E-state index contributed by atoms with van der Waals surface area (Å²) in [4.78, 5) is 4.26. The second kappa shape index (κ2) is 5.27. The van der Waals surface area contributed by atoms with Crippen LogP contribution in [0.4, 0.5) is 0 Å². The predicted octanol–water partition coefficient (Wildman–Crippen LogP) is 2.18. The van der Waals surface area contributed by atoms with Gasteiger partial charge in [0.1, 0.15) is 5.01 Å². The van der Waals surface area contributed by atoms with E-state index in [-0.39, 0.29) is 11.3 Å². The largest absolute Gasteiger partial charge is 0.305 e. The lowest BCUT2D eigenvalue weighted by Crippen LogP contribution is -2.41. The zero-order valence-corrected chi connectivity index (χ0v) is 13.3. The topological polar surface area (TPSA) is 59.1 Å². The van der Waals surface area contributed by atoms with E-state index in [1.54, 1.807) is 38.3 Å². The second-order valence-corrected chi connectivity index (χ2v) is 9.58. The number of sulfone groups is 1. The third kappa shape index (κ3) is 3.76. The van der Waals surface area contributed by atoms with E-state index >= 15 is 0 Å². The van der Waals surface area contributed by atoms with E-state index in [0.29, 0.717) is 6.54 Å². The highest BCUT2D eigenvalue weighted by Gasteiger charge is 2.29. The van der Waals surface area contributed by atoms with Crippen LogP contribution < -0.4 is 5.32 Å². The van der Waals surface area contributed by atoms with Crippen molar-refractivity contribution in [1.82, 2.24) is 10.3 Å². The van der Waals surface area contributed by atoms with Crippen molar-refractivity contribution in [1.29, 1.82) is 0 Å². The molecule has 1 aromatic heterocycles. The zero-order valence-electron chi connectivity index (χ0n) is 11.6. The number of thiazole rings is 1. The molecule has 0 bridgehead atoms. The average molecular weight is 290 g/mol. The monoisotopic (exact) mass is 290 g/mol. The minimum atomic E-state index is -3.07. The zero-order chi connectivity index (χ0) is 14.0. The van der Waals surface area contributed by atoms with Crippen molar-refractivity contribution in [3.63, 3.8) is 0 Å². The van der Waals surface area contributed by atoms with E-state index in [0.717, 1.165) is 5.01 Å². The molecule has 6 heteroatoms. The Balaban J connectivity index is 2.58. The van der Waals surface area contributed by atoms with Gasteiger partial charge in [-0.3, -0.25) is 0 Å². The SMILES string of the molecule is CC(C)(NCCS(=O)(=O)C(C)(C)C)c1nccs1. The van der Waals surface area contributed by atoms with Gasteiger partial charge in [-0.1, -0.05) is 0 Å². The van der Waals surface area contributed by atoms with E-state index in [4.69, 9.17) is 0 Å². The highest BCUT2D eigenvalue weighted by molar-refractivity contribution is 7.92. The molecular formula is C12H22N2O2S2. The molecule has 0 aliphatic rings. The molecule has 0 unspecified atom stereocenters. The Hall–Kier alpha value is -0.460. The third-order valence-electron chi connectivity index (χ3n) is 2.84. The molecule has 0 aliphatic heterocycles. The van der Waals surface area contributed by atoms with Gasteiger partial charge in [-0.25, -0.2) is 13.4 Å². The predicted molar refractivity (Wildman–Crippen MR) is 76.7 cm³/mol. The van der Waals surface area contributed by atoms with Crippen LogP contribution in [-0.4, -0.2) is 30.4 Å². The number of nitrogens with one attached hydrogen (secondary N) is 1. The molecule has 1 aromatic rings. The summed E-state index contributed by atoms with van der Waals surface area (Å²) in [5.41, 5.74) is -0.290. The average Bonchev–Trinajstić information content (AvgIpc) is 2.67. The molecule has 0 fully saturated rings.